The summed E-state index contributed by atoms with van der Waals surface area (Å²) in [7, 11) is 0. The number of hydrogen-bond donors (Lipinski definition) is 2. The van der Waals surface area contributed by atoms with Crippen LogP contribution in [0.1, 0.15) is 47.2 Å². The van der Waals surface area contributed by atoms with E-state index in [1.807, 2.05) is 12.1 Å². The Morgan fingerprint density at radius 2 is 2.04 bits per heavy atom. The Labute approximate surface area is 152 Å². The third-order valence-corrected chi connectivity index (χ3v) is 5.54. The first-order valence-electron chi connectivity index (χ1n) is 9.25. The van der Waals surface area contributed by atoms with Crippen LogP contribution in [0.3, 0.4) is 0 Å². The monoisotopic (exact) mass is 356 g/mol. The van der Waals surface area contributed by atoms with Crippen molar-refractivity contribution in [1.82, 2.24) is 15.1 Å². The molecule has 7 nitrogen and oxygen atoms in total. The Bertz CT molecular complexity index is 763. The highest BCUT2D eigenvalue weighted by atomic mass is 16.2. The molecule has 4 rings (SSSR count). The van der Waals surface area contributed by atoms with Crippen molar-refractivity contribution in [2.24, 2.45) is 5.73 Å². The van der Waals surface area contributed by atoms with Gasteiger partial charge in [0.05, 0.1) is 0 Å². The van der Waals surface area contributed by atoms with Gasteiger partial charge in [0, 0.05) is 37.7 Å². The molecule has 3 heterocycles. The Kier molecular flexibility index (Phi) is 4.50. The van der Waals surface area contributed by atoms with Gasteiger partial charge in [-0.1, -0.05) is 12.1 Å². The van der Waals surface area contributed by atoms with Crippen LogP contribution >= 0.6 is 0 Å². The second-order valence-electron chi connectivity index (χ2n) is 7.53. The summed E-state index contributed by atoms with van der Waals surface area (Å²) >= 11 is 0. The number of nitrogens with two attached hydrogens (primary N) is 1. The molecule has 7 heteroatoms. The molecule has 26 heavy (non-hydrogen) atoms. The first kappa shape index (κ1) is 17.2. The van der Waals surface area contributed by atoms with Gasteiger partial charge in [-0.2, -0.15) is 0 Å². The molecule has 0 saturated carbocycles. The first-order valence-corrected chi connectivity index (χ1v) is 9.25. The summed E-state index contributed by atoms with van der Waals surface area (Å²) in [5, 5.41) is 2.33. The number of fused-ring (bicyclic) bond motifs is 1. The van der Waals surface area contributed by atoms with Crippen molar-refractivity contribution in [2.45, 2.75) is 50.9 Å². The number of nitrogens with zero attached hydrogens (tertiary/aromatic N) is 2. The van der Waals surface area contributed by atoms with E-state index in [0.29, 0.717) is 18.5 Å². The van der Waals surface area contributed by atoms with E-state index in [-0.39, 0.29) is 30.2 Å². The van der Waals surface area contributed by atoms with Crippen LogP contribution in [0.25, 0.3) is 0 Å². The van der Waals surface area contributed by atoms with Crippen LogP contribution in [0.4, 0.5) is 0 Å². The number of carbonyl (C=O) groups is 3. The maximum Gasteiger partial charge on any atom is 0.255 e. The number of nitrogens with one attached hydrogen (secondary N) is 1. The highest BCUT2D eigenvalue weighted by Crippen LogP contribution is 2.28. The van der Waals surface area contributed by atoms with E-state index < -0.39 is 6.04 Å². The maximum absolute atomic E-state index is 12.7. The van der Waals surface area contributed by atoms with E-state index in [4.69, 9.17) is 5.73 Å². The van der Waals surface area contributed by atoms with Crippen molar-refractivity contribution in [3.05, 3.63) is 34.9 Å². The number of imide groups is 1. The molecule has 2 unspecified atom stereocenters. The summed E-state index contributed by atoms with van der Waals surface area (Å²) in [4.78, 5) is 40.1. The normalized spacial score (nSPS) is 26.8. The fourth-order valence-electron chi connectivity index (χ4n) is 4.22. The lowest BCUT2D eigenvalue weighted by Crippen LogP contribution is -2.52. The number of piperidine rings is 2. The quantitative estimate of drug-likeness (QED) is 0.763. The highest BCUT2D eigenvalue weighted by Gasteiger charge is 2.39. The minimum atomic E-state index is -0.559. The molecule has 2 atom stereocenters. The van der Waals surface area contributed by atoms with E-state index in [0.717, 1.165) is 43.6 Å². The predicted molar refractivity (Wildman–Crippen MR) is 95.0 cm³/mol. The van der Waals surface area contributed by atoms with Crippen LogP contribution in [0.2, 0.25) is 0 Å². The van der Waals surface area contributed by atoms with Crippen LogP contribution in [0.5, 0.6) is 0 Å². The maximum atomic E-state index is 12.7. The number of rotatable bonds is 3. The largest absolute Gasteiger partial charge is 0.327 e. The van der Waals surface area contributed by atoms with Gasteiger partial charge in [-0.25, -0.2) is 0 Å². The second-order valence-corrected chi connectivity index (χ2v) is 7.53. The van der Waals surface area contributed by atoms with Crippen molar-refractivity contribution in [1.29, 1.82) is 0 Å². The van der Waals surface area contributed by atoms with Gasteiger partial charge in [-0.3, -0.25) is 24.6 Å². The van der Waals surface area contributed by atoms with Gasteiger partial charge in [0.1, 0.15) is 6.04 Å². The van der Waals surface area contributed by atoms with Crippen LogP contribution in [0.15, 0.2) is 18.2 Å². The summed E-state index contributed by atoms with van der Waals surface area (Å²) in [5.74, 6) is -0.761. The molecule has 0 radical (unpaired) electrons. The minimum absolute atomic E-state index is 0.124. The molecule has 3 amide bonds. The Morgan fingerprint density at radius 3 is 2.81 bits per heavy atom. The lowest BCUT2D eigenvalue weighted by atomic mass is 10.0. The van der Waals surface area contributed by atoms with E-state index in [1.54, 1.807) is 4.90 Å². The van der Waals surface area contributed by atoms with Gasteiger partial charge in [0.25, 0.3) is 5.91 Å². The zero-order valence-electron chi connectivity index (χ0n) is 14.7. The van der Waals surface area contributed by atoms with Crippen LogP contribution in [-0.4, -0.2) is 52.7 Å². The second kappa shape index (κ2) is 6.81. The zero-order chi connectivity index (χ0) is 18.3. The minimum Gasteiger partial charge on any atom is -0.327 e. The molecule has 3 aliphatic rings. The van der Waals surface area contributed by atoms with Gasteiger partial charge in [-0.05, 0) is 43.0 Å². The van der Waals surface area contributed by atoms with Gasteiger partial charge in [0.2, 0.25) is 11.8 Å². The molecular weight excluding hydrogens is 332 g/mol. The van der Waals surface area contributed by atoms with Crippen molar-refractivity contribution < 1.29 is 14.4 Å². The molecule has 1 aromatic rings. The van der Waals surface area contributed by atoms with E-state index in [2.05, 4.69) is 16.3 Å². The van der Waals surface area contributed by atoms with Gasteiger partial charge in [-0.15, -0.1) is 0 Å². The number of hydrogen-bond acceptors (Lipinski definition) is 5. The topological polar surface area (TPSA) is 95.7 Å². The van der Waals surface area contributed by atoms with E-state index in [9.17, 15) is 14.4 Å². The molecular formula is C19H24N4O3. The highest BCUT2D eigenvalue weighted by molar-refractivity contribution is 6.05. The molecule has 1 aromatic carbocycles. The molecule has 3 aliphatic heterocycles. The summed E-state index contributed by atoms with van der Waals surface area (Å²) < 4.78 is 0. The Hall–Kier alpha value is -2.25. The summed E-state index contributed by atoms with van der Waals surface area (Å²) in [6.45, 7) is 3.20. The number of amides is 3. The predicted octanol–water partition coefficient (Wildman–Crippen LogP) is 0.371. The van der Waals surface area contributed by atoms with Crippen molar-refractivity contribution in [3.8, 4) is 0 Å². The average Bonchev–Trinajstić information content (AvgIpc) is 2.91. The standard InChI is InChI=1S/C19H24N4O3/c20-14-2-1-7-22(11-14)9-12-3-4-15-13(8-12)10-23(19(15)26)16-5-6-17(24)21-18(16)25/h3-4,8,14,16H,1-2,5-7,9-11,20H2,(H,21,24,25). The van der Waals surface area contributed by atoms with E-state index >= 15 is 0 Å². The van der Waals surface area contributed by atoms with Crippen LogP contribution in [0, 0.1) is 0 Å². The molecule has 2 saturated heterocycles. The lowest BCUT2D eigenvalue weighted by molar-refractivity contribution is -0.136. The Morgan fingerprint density at radius 1 is 1.19 bits per heavy atom. The van der Waals surface area contributed by atoms with E-state index in [1.165, 1.54) is 0 Å². The summed E-state index contributed by atoms with van der Waals surface area (Å²) in [6.07, 6.45) is 2.86. The third kappa shape index (κ3) is 3.24. The van der Waals surface area contributed by atoms with Gasteiger partial charge in [0.15, 0.2) is 0 Å². The molecule has 3 N–H and O–H groups in total. The first-order chi connectivity index (χ1) is 12.5. The third-order valence-electron chi connectivity index (χ3n) is 5.54. The van der Waals surface area contributed by atoms with Gasteiger partial charge >= 0.3 is 0 Å². The number of carbonyl (C=O) groups excluding carboxylic acids is 3. The zero-order valence-corrected chi connectivity index (χ0v) is 14.7. The number of benzene rings is 1. The molecule has 0 bridgehead atoms. The van der Waals surface area contributed by atoms with Crippen LogP contribution in [-0.2, 0) is 22.7 Å². The molecule has 0 spiro atoms. The molecule has 0 aliphatic carbocycles. The number of likely N-dealkylation sites (tertiary alicyclic amines) is 1. The fraction of sp³-hybridized carbons (Fsp3) is 0.526. The van der Waals surface area contributed by atoms with Crippen molar-refractivity contribution in [2.75, 3.05) is 13.1 Å². The van der Waals surface area contributed by atoms with Crippen molar-refractivity contribution >= 4 is 17.7 Å². The lowest BCUT2D eigenvalue weighted by Gasteiger charge is -2.30. The SMILES string of the molecule is NC1CCCN(Cc2ccc3c(c2)CN(C2CCC(=O)NC2=O)C3=O)C1. The van der Waals surface area contributed by atoms with Gasteiger partial charge < -0.3 is 10.6 Å². The summed E-state index contributed by atoms with van der Waals surface area (Å²) in [6, 6.07) is 5.60. The molecule has 0 aromatic heterocycles. The molecule has 138 valence electrons. The average molecular weight is 356 g/mol. The molecule has 2 fully saturated rings. The fourth-order valence-corrected chi connectivity index (χ4v) is 4.22. The Balaban J connectivity index is 1.48. The van der Waals surface area contributed by atoms with Crippen LogP contribution < -0.4 is 11.1 Å². The van der Waals surface area contributed by atoms with Crippen molar-refractivity contribution in [3.63, 3.8) is 0 Å². The summed E-state index contributed by atoms with van der Waals surface area (Å²) in [5.41, 5.74) is 8.84. The smallest absolute Gasteiger partial charge is 0.255 e.